The monoisotopic (exact) mass is 374 g/mol. The van der Waals surface area contributed by atoms with E-state index in [1.165, 1.54) is 36.5 Å². The molecular formula is C22H30O5. The van der Waals surface area contributed by atoms with Gasteiger partial charge in [-0.25, -0.2) is 9.59 Å². The molecule has 0 heterocycles. The number of carboxylic acid groups (broad SMARTS) is 1. The molecule has 0 unspecified atom stereocenters. The van der Waals surface area contributed by atoms with Gasteiger partial charge in [-0.15, -0.1) is 0 Å². The SMILES string of the molecule is CC(C=CC1=C(C)CCCC1(C)C)=CC=CC(C)=CC(=O)OCOC(=O)O. The van der Waals surface area contributed by atoms with Gasteiger partial charge in [0.1, 0.15) is 0 Å². The van der Waals surface area contributed by atoms with Crippen molar-refractivity contribution in [2.45, 2.75) is 53.9 Å². The predicted octanol–water partition coefficient (Wildman–Crippen LogP) is 5.71. The van der Waals surface area contributed by atoms with Gasteiger partial charge in [0, 0.05) is 6.08 Å². The summed E-state index contributed by atoms with van der Waals surface area (Å²) in [7, 11) is 0. The number of esters is 1. The molecule has 0 radical (unpaired) electrons. The van der Waals surface area contributed by atoms with Crippen molar-refractivity contribution >= 4 is 12.1 Å². The van der Waals surface area contributed by atoms with Gasteiger partial charge >= 0.3 is 12.1 Å². The number of rotatable bonds is 7. The molecule has 0 saturated heterocycles. The third kappa shape index (κ3) is 8.58. The molecule has 1 aliphatic carbocycles. The normalized spacial score (nSPS) is 18.3. The number of ether oxygens (including phenoxy) is 2. The maximum absolute atomic E-state index is 11.5. The van der Waals surface area contributed by atoms with Crippen LogP contribution in [0.5, 0.6) is 0 Å². The van der Waals surface area contributed by atoms with Crippen molar-refractivity contribution in [1.29, 1.82) is 0 Å². The summed E-state index contributed by atoms with van der Waals surface area (Å²) in [4.78, 5) is 21.6. The van der Waals surface area contributed by atoms with Crippen molar-refractivity contribution < 1.29 is 24.2 Å². The van der Waals surface area contributed by atoms with Crippen LogP contribution in [0.4, 0.5) is 4.79 Å². The van der Waals surface area contributed by atoms with Crippen molar-refractivity contribution in [2.24, 2.45) is 5.41 Å². The average Bonchev–Trinajstić information content (AvgIpc) is 2.53. The molecule has 1 rings (SSSR count). The molecule has 0 aliphatic heterocycles. The van der Waals surface area contributed by atoms with Gasteiger partial charge in [-0.2, -0.15) is 0 Å². The van der Waals surface area contributed by atoms with Crippen LogP contribution in [-0.2, 0) is 14.3 Å². The molecule has 0 spiro atoms. The Morgan fingerprint density at radius 3 is 2.48 bits per heavy atom. The molecule has 0 bridgehead atoms. The van der Waals surface area contributed by atoms with E-state index in [0.717, 1.165) is 5.57 Å². The number of allylic oxidation sites excluding steroid dienone is 9. The molecule has 0 aromatic carbocycles. The molecule has 0 fully saturated rings. The van der Waals surface area contributed by atoms with Crippen LogP contribution in [-0.4, -0.2) is 24.0 Å². The van der Waals surface area contributed by atoms with Gasteiger partial charge < -0.3 is 14.6 Å². The first-order chi connectivity index (χ1) is 12.6. The molecule has 0 aromatic heterocycles. The molecule has 0 saturated carbocycles. The maximum Gasteiger partial charge on any atom is 0.508 e. The van der Waals surface area contributed by atoms with Crippen LogP contribution >= 0.6 is 0 Å². The van der Waals surface area contributed by atoms with Crippen LogP contribution in [0.2, 0.25) is 0 Å². The highest BCUT2D eigenvalue weighted by Crippen LogP contribution is 2.40. The van der Waals surface area contributed by atoms with Crippen LogP contribution < -0.4 is 0 Å². The minimum absolute atomic E-state index is 0.221. The Balaban J connectivity index is 2.63. The van der Waals surface area contributed by atoms with E-state index < -0.39 is 18.9 Å². The van der Waals surface area contributed by atoms with Crippen molar-refractivity contribution in [3.8, 4) is 0 Å². The van der Waals surface area contributed by atoms with Gasteiger partial charge in [0.05, 0.1) is 0 Å². The van der Waals surface area contributed by atoms with E-state index in [1.807, 2.05) is 19.1 Å². The van der Waals surface area contributed by atoms with E-state index in [9.17, 15) is 9.59 Å². The number of hydrogen-bond donors (Lipinski definition) is 1. The summed E-state index contributed by atoms with van der Waals surface area (Å²) in [6.07, 6.45) is 13.4. The topological polar surface area (TPSA) is 72.8 Å². The maximum atomic E-state index is 11.5. The lowest BCUT2D eigenvalue weighted by Gasteiger charge is -2.32. The lowest BCUT2D eigenvalue weighted by molar-refractivity contribution is -0.146. The van der Waals surface area contributed by atoms with Crippen LogP contribution in [0.1, 0.15) is 53.9 Å². The highest BCUT2D eigenvalue weighted by molar-refractivity contribution is 5.83. The van der Waals surface area contributed by atoms with Crippen molar-refractivity contribution in [1.82, 2.24) is 0 Å². The van der Waals surface area contributed by atoms with Crippen LogP contribution in [0.15, 0.2) is 58.7 Å². The zero-order valence-corrected chi connectivity index (χ0v) is 16.9. The first-order valence-electron chi connectivity index (χ1n) is 9.06. The zero-order valence-electron chi connectivity index (χ0n) is 16.9. The molecule has 0 atom stereocenters. The van der Waals surface area contributed by atoms with Crippen LogP contribution in [0.25, 0.3) is 0 Å². The van der Waals surface area contributed by atoms with E-state index in [2.05, 4.69) is 42.4 Å². The van der Waals surface area contributed by atoms with Crippen molar-refractivity contribution in [3.05, 3.63) is 58.7 Å². The Bertz CT molecular complexity index is 702. The molecule has 1 aliphatic rings. The fourth-order valence-electron chi connectivity index (χ4n) is 3.05. The van der Waals surface area contributed by atoms with Gasteiger partial charge in [0.25, 0.3) is 0 Å². The van der Waals surface area contributed by atoms with Crippen LogP contribution in [0, 0.1) is 5.41 Å². The highest BCUT2D eigenvalue weighted by Gasteiger charge is 2.26. The summed E-state index contributed by atoms with van der Waals surface area (Å²) in [5, 5.41) is 8.29. The van der Waals surface area contributed by atoms with Gasteiger partial charge in [0.2, 0.25) is 6.79 Å². The Kier molecular flexibility index (Phi) is 8.79. The fraction of sp³-hybridized carbons (Fsp3) is 0.455. The van der Waals surface area contributed by atoms with Crippen LogP contribution in [0.3, 0.4) is 0 Å². The van der Waals surface area contributed by atoms with E-state index in [1.54, 1.807) is 13.0 Å². The summed E-state index contributed by atoms with van der Waals surface area (Å²) >= 11 is 0. The van der Waals surface area contributed by atoms with E-state index in [4.69, 9.17) is 5.11 Å². The quantitative estimate of drug-likeness (QED) is 0.267. The molecule has 5 nitrogen and oxygen atoms in total. The van der Waals surface area contributed by atoms with E-state index in [0.29, 0.717) is 5.57 Å². The number of hydrogen-bond acceptors (Lipinski definition) is 4. The minimum atomic E-state index is -1.49. The van der Waals surface area contributed by atoms with Gasteiger partial charge in [-0.3, -0.25) is 0 Å². The standard InChI is InChI=1S/C22H30O5/c1-16(11-12-19-18(3)10-7-13-22(19,4)5)8-6-9-17(2)14-20(23)26-15-27-21(24)25/h6,8-9,11-12,14H,7,10,13,15H2,1-5H3,(H,24,25). The second-order valence-electron chi connectivity index (χ2n) is 7.41. The lowest BCUT2D eigenvalue weighted by atomic mass is 9.72. The second-order valence-corrected chi connectivity index (χ2v) is 7.41. The molecule has 5 heteroatoms. The van der Waals surface area contributed by atoms with E-state index >= 15 is 0 Å². The molecule has 0 aromatic rings. The average molecular weight is 374 g/mol. The Labute approximate surface area is 161 Å². The third-order valence-electron chi connectivity index (χ3n) is 4.50. The van der Waals surface area contributed by atoms with Gasteiger partial charge in [-0.1, -0.05) is 55.4 Å². The molecular weight excluding hydrogens is 344 g/mol. The van der Waals surface area contributed by atoms with Gasteiger partial charge in [-0.05, 0) is 56.6 Å². The smallest absolute Gasteiger partial charge is 0.450 e. The van der Waals surface area contributed by atoms with Gasteiger partial charge in [0.15, 0.2) is 0 Å². The first-order valence-corrected chi connectivity index (χ1v) is 9.06. The molecule has 0 amide bonds. The summed E-state index contributed by atoms with van der Waals surface area (Å²) in [6.45, 7) is 9.98. The zero-order chi connectivity index (χ0) is 20.4. The summed E-state index contributed by atoms with van der Waals surface area (Å²) < 4.78 is 8.71. The minimum Gasteiger partial charge on any atom is -0.450 e. The van der Waals surface area contributed by atoms with Crippen molar-refractivity contribution in [3.63, 3.8) is 0 Å². The highest BCUT2D eigenvalue weighted by atomic mass is 16.7. The summed E-state index contributed by atoms with van der Waals surface area (Å²) in [5.74, 6) is -0.652. The predicted molar refractivity (Wildman–Crippen MR) is 106 cm³/mol. The Morgan fingerprint density at radius 1 is 1.15 bits per heavy atom. The summed E-state index contributed by atoms with van der Waals surface area (Å²) in [6, 6.07) is 0. The molecule has 27 heavy (non-hydrogen) atoms. The number of carbonyl (C=O) groups is 2. The molecule has 1 N–H and O–H groups in total. The number of carbonyl (C=O) groups excluding carboxylic acids is 1. The Morgan fingerprint density at radius 2 is 1.85 bits per heavy atom. The Hall–Kier alpha value is -2.56. The largest absolute Gasteiger partial charge is 0.508 e. The van der Waals surface area contributed by atoms with E-state index in [-0.39, 0.29) is 5.41 Å². The third-order valence-corrected chi connectivity index (χ3v) is 4.50. The fourth-order valence-corrected chi connectivity index (χ4v) is 3.05. The molecule has 148 valence electrons. The lowest BCUT2D eigenvalue weighted by Crippen LogP contribution is -2.19. The summed E-state index contributed by atoms with van der Waals surface area (Å²) in [5.41, 5.74) is 4.91. The second kappa shape index (κ2) is 10.6. The first kappa shape index (κ1) is 22.5. The van der Waals surface area contributed by atoms with Crippen molar-refractivity contribution in [2.75, 3.05) is 6.79 Å².